The van der Waals surface area contributed by atoms with E-state index in [-0.39, 0.29) is 0 Å². The number of rotatable bonds is 2. The van der Waals surface area contributed by atoms with Crippen LogP contribution in [0.5, 0.6) is 0 Å². The molecule has 0 aromatic rings. The fraction of sp³-hybridized carbons (Fsp3) is 1.00. The predicted octanol–water partition coefficient (Wildman–Crippen LogP) is -0.448. The van der Waals surface area contributed by atoms with Gasteiger partial charge in [0.15, 0.2) is 0 Å². The van der Waals surface area contributed by atoms with Crippen LogP contribution >= 0.6 is 0 Å². The molecule has 0 aliphatic carbocycles. The van der Waals surface area contributed by atoms with Gasteiger partial charge in [0.05, 0.1) is 30.8 Å². The maximum Gasteiger partial charge on any atom is 0.150 e. The Morgan fingerprint density at radius 3 is 2.15 bits per heavy atom. The average Bonchev–Trinajstić information content (AvgIpc) is 1.99. The number of hydrogen-bond acceptors (Lipinski definition) is 4. The van der Waals surface area contributed by atoms with Gasteiger partial charge in [-0.05, 0) is 12.8 Å². The highest BCUT2D eigenvalue weighted by molar-refractivity contribution is 7.91. The third kappa shape index (κ3) is 2.42. The van der Waals surface area contributed by atoms with E-state index in [4.69, 9.17) is 4.74 Å². The van der Waals surface area contributed by atoms with E-state index in [0.717, 1.165) is 26.1 Å². The van der Waals surface area contributed by atoms with Crippen LogP contribution in [0.25, 0.3) is 0 Å². The summed E-state index contributed by atoms with van der Waals surface area (Å²) in [5.74, 6) is 0.691. The Labute approximate surface area is 78.6 Å². The van der Waals surface area contributed by atoms with Crippen molar-refractivity contribution in [1.82, 2.24) is 5.32 Å². The summed E-state index contributed by atoms with van der Waals surface area (Å²) in [6.45, 7) is 1.56. The maximum absolute atomic E-state index is 11.1. The van der Waals surface area contributed by atoms with Gasteiger partial charge in [0, 0.05) is 6.04 Å². The van der Waals surface area contributed by atoms with Crippen molar-refractivity contribution in [2.75, 3.05) is 24.7 Å². The van der Waals surface area contributed by atoms with Gasteiger partial charge in [-0.1, -0.05) is 0 Å². The van der Waals surface area contributed by atoms with Crippen molar-refractivity contribution in [1.29, 1.82) is 0 Å². The summed E-state index contributed by atoms with van der Waals surface area (Å²) in [5, 5.41) is 3.40. The van der Waals surface area contributed by atoms with Gasteiger partial charge in [-0.2, -0.15) is 0 Å². The van der Waals surface area contributed by atoms with Gasteiger partial charge < -0.3 is 10.1 Å². The van der Waals surface area contributed by atoms with Gasteiger partial charge in [-0.15, -0.1) is 0 Å². The van der Waals surface area contributed by atoms with Crippen molar-refractivity contribution >= 4 is 9.84 Å². The Morgan fingerprint density at radius 1 is 1.08 bits per heavy atom. The van der Waals surface area contributed by atoms with Gasteiger partial charge in [0.2, 0.25) is 0 Å². The maximum atomic E-state index is 11.1. The minimum Gasteiger partial charge on any atom is -0.378 e. The molecule has 0 aromatic heterocycles. The van der Waals surface area contributed by atoms with Crippen molar-refractivity contribution in [3.63, 3.8) is 0 Å². The lowest BCUT2D eigenvalue weighted by Crippen LogP contribution is -2.52. The molecular formula is C8H15NO3S. The van der Waals surface area contributed by atoms with Crippen molar-refractivity contribution in [2.24, 2.45) is 0 Å². The van der Waals surface area contributed by atoms with Crippen LogP contribution < -0.4 is 5.32 Å². The minimum atomic E-state index is -2.71. The molecule has 76 valence electrons. The summed E-state index contributed by atoms with van der Waals surface area (Å²) in [5.41, 5.74) is 0. The zero-order valence-electron chi connectivity index (χ0n) is 7.53. The second kappa shape index (κ2) is 3.55. The monoisotopic (exact) mass is 205 g/mol. The molecule has 0 atom stereocenters. The first-order chi connectivity index (χ1) is 6.16. The van der Waals surface area contributed by atoms with Crippen LogP contribution in [0, 0.1) is 0 Å². The van der Waals surface area contributed by atoms with E-state index in [2.05, 4.69) is 5.32 Å². The number of sulfone groups is 1. The average molecular weight is 205 g/mol. The second-order valence-electron chi connectivity index (χ2n) is 3.83. The fourth-order valence-electron chi connectivity index (χ4n) is 1.72. The van der Waals surface area contributed by atoms with Crippen LogP contribution in [0.1, 0.15) is 12.8 Å². The van der Waals surface area contributed by atoms with E-state index >= 15 is 0 Å². The molecule has 0 saturated carbocycles. The smallest absolute Gasteiger partial charge is 0.150 e. The van der Waals surface area contributed by atoms with Crippen molar-refractivity contribution < 1.29 is 13.2 Å². The Morgan fingerprint density at radius 2 is 1.69 bits per heavy atom. The van der Waals surface area contributed by atoms with Crippen LogP contribution in [0.15, 0.2) is 0 Å². The molecule has 4 nitrogen and oxygen atoms in total. The largest absolute Gasteiger partial charge is 0.378 e. The van der Waals surface area contributed by atoms with Crippen LogP contribution in [-0.2, 0) is 14.6 Å². The Hall–Kier alpha value is -0.130. The molecule has 2 saturated heterocycles. The van der Waals surface area contributed by atoms with Gasteiger partial charge in [0.1, 0.15) is 9.84 Å². The number of ether oxygens (including phenoxy) is 1. The summed E-state index contributed by atoms with van der Waals surface area (Å²) in [6, 6.07) is 0.850. The van der Waals surface area contributed by atoms with Gasteiger partial charge >= 0.3 is 0 Å². The summed E-state index contributed by atoms with van der Waals surface area (Å²) in [4.78, 5) is 0. The molecular weight excluding hydrogens is 190 g/mol. The predicted molar refractivity (Wildman–Crippen MR) is 49.4 cm³/mol. The topological polar surface area (TPSA) is 55.4 Å². The Bertz CT molecular complexity index is 257. The summed E-state index contributed by atoms with van der Waals surface area (Å²) < 4.78 is 27.3. The van der Waals surface area contributed by atoms with Gasteiger partial charge in [-0.3, -0.25) is 0 Å². The highest BCUT2D eigenvalue weighted by atomic mass is 32.2. The second-order valence-corrected chi connectivity index (χ2v) is 6.13. The molecule has 0 spiro atoms. The minimum absolute atomic E-state index is 0.345. The quantitative estimate of drug-likeness (QED) is 0.663. The van der Waals surface area contributed by atoms with Gasteiger partial charge in [0.25, 0.3) is 0 Å². The molecule has 0 unspecified atom stereocenters. The molecule has 2 aliphatic rings. The molecule has 0 bridgehead atoms. The molecule has 5 heteroatoms. The number of hydrogen-bond donors (Lipinski definition) is 1. The number of nitrogens with one attached hydrogen (secondary N) is 1. The molecule has 2 heterocycles. The Balaban J connectivity index is 1.77. The van der Waals surface area contributed by atoms with E-state index < -0.39 is 9.84 Å². The fourth-order valence-corrected chi connectivity index (χ4v) is 3.21. The first kappa shape index (κ1) is 9.43. The molecule has 2 rings (SSSR count). The molecule has 1 N–H and O–H groups in total. The van der Waals surface area contributed by atoms with Crippen molar-refractivity contribution in [3.8, 4) is 0 Å². The highest BCUT2D eigenvalue weighted by Gasteiger charge is 2.27. The summed E-state index contributed by atoms with van der Waals surface area (Å²) in [7, 11) is -2.71. The zero-order chi connectivity index (χ0) is 9.31. The third-order valence-electron chi connectivity index (χ3n) is 2.66. The van der Waals surface area contributed by atoms with Crippen LogP contribution in [-0.4, -0.2) is 45.2 Å². The normalized spacial score (nSPS) is 29.8. The summed E-state index contributed by atoms with van der Waals surface area (Å²) >= 11 is 0. The van der Waals surface area contributed by atoms with E-state index in [1.54, 1.807) is 0 Å². The van der Waals surface area contributed by atoms with E-state index in [1.165, 1.54) is 0 Å². The van der Waals surface area contributed by atoms with Crippen LogP contribution in [0.3, 0.4) is 0 Å². The lowest BCUT2D eigenvalue weighted by molar-refractivity contribution is -0.0104. The third-order valence-corrected chi connectivity index (χ3v) is 4.38. The van der Waals surface area contributed by atoms with Crippen LogP contribution in [0.2, 0.25) is 0 Å². The zero-order valence-corrected chi connectivity index (χ0v) is 8.35. The van der Waals surface area contributed by atoms with Crippen LogP contribution in [0.4, 0.5) is 0 Å². The lowest BCUT2D eigenvalue weighted by atomic mass is 10.1. The van der Waals surface area contributed by atoms with E-state index in [1.807, 2.05) is 0 Å². The van der Waals surface area contributed by atoms with Gasteiger partial charge in [-0.25, -0.2) is 8.42 Å². The molecule has 0 aromatic carbocycles. The lowest BCUT2D eigenvalue weighted by Gasteiger charge is -2.33. The van der Waals surface area contributed by atoms with Crippen molar-refractivity contribution in [3.05, 3.63) is 0 Å². The van der Waals surface area contributed by atoms with E-state index in [9.17, 15) is 8.42 Å². The molecule has 2 aliphatic heterocycles. The highest BCUT2D eigenvalue weighted by Crippen LogP contribution is 2.14. The SMILES string of the molecule is O=S1(=O)CCC(NC2COC2)CC1. The first-order valence-electron chi connectivity index (χ1n) is 4.70. The van der Waals surface area contributed by atoms with Crippen molar-refractivity contribution in [2.45, 2.75) is 24.9 Å². The molecule has 0 amide bonds. The Kier molecular flexibility index (Phi) is 2.58. The van der Waals surface area contributed by atoms with E-state index in [0.29, 0.717) is 23.6 Å². The standard InChI is InChI=1S/C8H15NO3S/c10-13(11)3-1-7(2-4-13)9-8-5-12-6-8/h7-9H,1-6H2. The first-order valence-corrected chi connectivity index (χ1v) is 6.52. The molecule has 0 radical (unpaired) electrons. The molecule has 13 heavy (non-hydrogen) atoms. The summed E-state index contributed by atoms with van der Waals surface area (Å²) in [6.07, 6.45) is 1.53. The molecule has 2 fully saturated rings.